The van der Waals surface area contributed by atoms with Crippen molar-refractivity contribution in [2.45, 2.75) is 19.8 Å². The molecule has 70 valence electrons. The van der Waals surface area contributed by atoms with Crippen molar-refractivity contribution < 1.29 is 9.84 Å². The molecular formula is C9H15IO2. The Morgan fingerprint density at radius 3 is 2.83 bits per heavy atom. The maximum atomic E-state index is 9.32. The van der Waals surface area contributed by atoms with Gasteiger partial charge in [-0.2, -0.15) is 0 Å². The largest absolute Gasteiger partial charge is 0.493 e. The number of aliphatic hydroxyl groups excluding tert-OH is 1. The summed E-state index contributed by atoms with van der Waals surface area (Å²) in [5.74, 6) is 0.883. The fraction of sp³-hybridized carbons (Fsp3) is 0.556. The van der Waals surface area contributed by atoms with Crippen LogP contribution in [0.3, 0.4) is 0 Å². The zero-order valence-corrected chi connectivity index (χ0v) is 9.67. The third-order valence-electron chi connectivity index (χ3n) is 1.60. The lowest BCUT2D eigenvalue weighted by atomic mass is 10.4. The standard InChI is InChI=1S/C9H15IO2/c1-3-4-5-12-8-6-9(11)10(2)7-8/h6-7,11H,3-5H2,1-2H3. The summed E-state index contributed by atoms with van der Waals surface area (Å²) >= 11 is -1.28. The van der Waals surface area contributed by atoms with Gasteiger partial charge in [0.1, 0.15) is 5.76 Å². The Morgan fingerprint density at radius 2 is 2.33 bits per heavy atom. The summed E-state index contributed by atoms with van der Waals surface area (Å²) in [6.07, 6.45) is 4.00. The number of hydrogen-bond donors (Lipinski definition) is 1. The molecule has 0 amide bonds. The van der Waals surface area contributed by atoms with Gasteiger partial charge in [0.15, 0.2) is 0 Å². The van der Waals surface area contributed by atoms with Crippen LogP contribution in [0.4, 0.5) is 0 Å². The highest BCUT2D eigenvalue weighted by molar-refractivity contribution is 14.2. The van der Waals surface area contributed by atoms with Crippen molar-refractivity contribution in [1.29, 1.82) is 0 Å². The lowest BCUT2D eigenvalue weighted by Gasteiger charge is -2.02. The first-order chi connectivity index (χ1) is 5.74. The van der Waals surface area contributed by atoms with E-state index in [-0.39, 0.29) is 0 Å². The van der Waals surface area contributed by atoms with Crippen LogP contribution in [-0.4, -0.2) is 24.4 Å². The molecule has 1 aliphatic heterocycles. The van der Waals surface area contributed by atoms with Gasteiger partial charge in [-0.05, 0) is 11.4 Å². The fourth-order valence-corrected chi connectivity index (χ4v) is 3.26. The summed E-state index contributed by atoms with van der Waals surface area (Å²) in [7, 11) is 0. The molecular weight excluding hydrogens is 267 g/mol. The third-order valence-corrected chi connectivity index (χ3v) is 5.21. The smallest absolute Gasteiger partial charge is 0.127 e. The number of halogens is 1. The van der Waals surface area contributed by atoms with Crippen molar-refractivity contribution in [3.05, 3.63) is 11.8 Å². The maximum Gasteiger partial charge on any atom is 0.127 e. The van der Waals surface area contributed by atoms with E-state index < -0.39 is 18.9 Å². The Labute approximate surface area is 79.6 Å². The minimum Gasteiger partial charge on any atom is -0.493 e. The summed E-state index contributed by atoms with van der Waals surface area (Å²) in [5, 5.41) is 9.32. The van der Waals surface area contributed by atoms with Crippen LogP contribution >= 0.6 is 18.9 Å². The molecule has 0 aromatic rings. The maximum absolute atomic E-state index is 9.32. The van der Waals surface area contributed by atoms with Crippen LogP contribution in [0, 0.1) is 0 Å². The van der Waals surface area contributed by atoms with Crippen LogP contribution in [-0.2, 0) is 4.74 Å². The molecule has 0 radical (unpaired) electrons. The predicted molar refractivity (Wildman–Crippen MR) is 61.9 cm³/mol. The first kappa shape index (κ1) is 10.1. The molecule has 1 N–H and O–H groups in total. The number of alkyl halides is 1. The van der Waals surface area contributed by atoms with Crippen molar-refractivity contribution in [1.82, 2.24) is 0 Å². The highest BCUT2D eigenvalue weighted by Crippen LogP contribution is 2.17. The van der Waals surface area contributed by atoms with E-state index in [9.17, 15) is 5.11 Å². The molecule has 3 heteroatoms. The Bertz CT molecular complexity index is 270. The van der Waals surface area contributed by atoms with Gasteiger partial charge in [0.2, 0.25) is 0 Å². The quantitative estimate of drug-likeness (QED) is 0.486. The normalized spacial score (nSPS) is 17.6. The van der Waals surface area contributed by atoms with E-state index >= 15 is 0 Å². The van der Waals surface area contributed by atoms with Crippen LogP contribution in [0.15, 0.2) is 11.8 Å². The van der Waals surface area contributed by atoms with Crippen LogP contribution in [0.5, 0.6) is 0 Å². The molecule has 0 aromatic carbocycles. The fourth-order valence-electron chi connectivity index (χ4n) is 0.860. The average Bonchev–Trinajstić information content (AvgIpc) is 2.32. The highest BCUT2D eigenvalue weighted by Gasteiger charge is 2.02. The van der Waals surface area contributed by atoms with E-state index in [1.54, 1.807) is 6.08 Å². The van der Waals surface area contributed by atoms with Gasteiger partial charge in [0.25, 0.3) is 0 Å². The van der Waals surface area contributed by atoms with E-state index in [0.29, 0.717) is 3.69 Å². The van der Waals surface area contributed by atoms with Crippen LogP contribution in [0.2, 0.25) is 0 Å². The summed E-state index contributed by atoms with van der Waals surface area (Å²) in [4.78, 5) is 2.10. The molecule has 1 aliphatic rings. The van der Waals surface area contributed by atoms with Gasteiger partial charge < -0.3 is 9.84 Å². The molecule has 0 spiro atoms. The van der Waals surface area contributed by atoms with Crippen LogP contribution < -0.4 is 0 Å². The first-order valence-electron chi connectivity index (χ1n) is 4.07. The van der Waals surface area contributed by atoms with Crippen molar-refractivity contribution in [2.75, 3.05) is 11.5 Å². The summed E-state index contributed by atoms with van der Waals surface area (Å²) in [6.45, 7) is 2.91. The summed E-state index contributed by atoms with van der Waals surface area (Å²) in [5.41, 5.74) is 0. The second-order valence-corrected chi connectivity index (χ2v) is 7.37. The molecule has 0 aliphatic carbocycles. The van der Waals surface area contributed by atoms with E-state index in [1.807, 2.05) is 0 Å². The second-order valence-electron chi connectivity index (χ2n) is 2.70. The topological polar surface area (TPSA) is 29.5 Å². The van der Waals surface area contributed by atoms with Crippen LogP contribution in [0.1, 0.15) is 19.8 Å². The molecule has 0 bridgehead atoms. The van der Waals surface area contributed by atoms with Crippen molar-refractivity contribution >= 4 is 26.6 Å². The molecule has 1 rings (SSSR count). The van der Waals surface area contributed by atoms with Crippen molar-refractivity contribution in [3.63, 3.8) is 0 Å². The molecule has 0 saturated carbocycles. The Morgan fingerprint density at radius 1 is 1.58 bits per heavy atom. The Balaban J connectivity index is 2.36. The van der Waals surface area contributed by atoms with Gasteiger partial charge in [0, 0.05) is 10.1 Å². The van der Waals surface area contributed by atoms with Gasteiger partial charge in [-0.25, -0.2) is 0 Å². The molecule has 1 heterocycles. The van der Waals surface area contributed by atoms with Gasteiger partial charge in [-0.15, -0.1) is 18.9 Å². The van der Waals surface area contributed by atoms with Crippen LogP contribution in [0.25, 0.3) is 0 Å². The minimum atomic E-state index is -1.28. The number of allylic oxidation sites excluding steroid dienone is 1. The molecule has 0 fully saturated rings. The second kappa shape index (κ2) is 4.87. The van der Waals surface area contributed by atoms with E-state index in [2.05, 4.69) is 15.9 Å². The summed E-state index contributed by atoms with van der Waals surface area (Å²) < 4.78 is 8.10. The highest BCUT2D eigenvalue weighted by atomic mass is 127. The zero-order chi connectivity index (χ0) is 8.97. The van der Waals surface area contributed by atoms with E-state index in [0.717, 1.165) is 25.2 Å². The Hall–Kier alpha value is -0.0300. The number of ether oxygens (including phenoxy) is 1. The molecule has 0 aromatic heterocycles. The summed E-state index contributed by atoms with van der Waals surface area (Å²) in [6, 6.07) is 0. The van der Waals surface area contributed by atoms with Crippen molar-refractivity contribution in [2.24, 2.45) is 0 Å². The molecule has 0 saturated heterocycles. The first-order valence-corrected chi connectivity index (χ1v) is 8.56. The molecule has 0 atom stereocenters. The average molecular weight is 282 g/mol. The number of rotatable bonds is 4. The number of unbranched alkanes of at least 4 members (excludes halogenated alkanes) is 1. The number of aliphatic hydroxyl groups is 1. The molecule has 12 heavy (non-hydrogen) atoms. The van der Waals surface area contributed by atoms with Crippen molar-refractivity contribution in [3.8, 4) is 0 Å². The van der Waals surface area contributed by atoms with Gasteiger partial charge >= 0.3 is 0 Å². The molecule has 2 nitrogen and oxygen atoms in total. The SMILES string of the molecule is CCCCOC1=CC(O)=I(C)=C1. The predicted octanol–water partition coefficient (Wildman–Crippen LogP) is 2.14. The van der Waals surface area contributed by atoms with Gasteiger partial charge in [-0.1, -0.05) is 13.3 Å². The molecule has 0 unspecified atom stereocenters. The third kappa shape index (κ3) is 2.79. The van der Waals surface area contributed by atoms with Gasteiger partial charge in [-0.3, -0.25) is 0 Å². The minimum absolute atomic E-state index is 0.561. The lowest BCUT2D eigenvalue weighted by molar-refractivity contribution is 0.228. The number of hydrogen-bond acceptors (Lipinski definition) is 2. The zero-order valence-electron chi connectivity index (χ0n) is 7.51. The monoisotopic (exact) mass is 282 g/mol. The Kier molecular flexibility index (Phi) is 4.08. The lowest BCUT2D eigenvalue weighted by Crippen LogP contribution is -1.94. The van der Waals surface area contributed by atoms with E-state index in [4.69, 9.17) is 4.74 Å². The van der Waals surface area contributed by atoms with E-state index in [1.165, 1.54) is 0 Å². The van der Waals surface area contributed by atoms with Gasteiger partial charge in [0.05, 0.1) is 10.3 Å².